The van der Waals surface area contributed by atoms with Gasteiger partial charge in [-0.25, -0.2) is 4.39 Å². The first kappa shape index (κ1) is 15.2. The third-order valence-corrected chi connectivity index (χ3v) is 4.76. The minimum atomic E-state index is -0.233. The van der Waals surface area contributed by atoms with Crippen molar-refractivity contribution in [3.8, 4) is 0 Å². The van der Waals surface area contributed by atoms with Crippen LogP contribution in [0.15, 0.2) is 16.6 Å². The van der Waals surface area contributed by atoms with Crippen molar-refractivity contribution < 1.29 is 9.13 Å². The van der Waals surface area contributed by atoms with Gasteiger partial charge in [0.15, 0.2) is 0 Å². The van der Waals surface area contributed by atoms with Gasteiger partial charge in [-0.15, -0.1) is 0 Å². The molecule has 0 spiro atoms. The highest BCUT2D eigenvalue weighted by atomic mass is 79.9. The summed E-state index contributed by atoms with van der Waals surface area (Å²) in [6.45, 7) is 0.855. The predicted molar refractivity (Wildman–Crippen MR) is 79.1 cm³/mol. The second kappa shape index (κ2) is 7.02. The zero-order chi connectivity index (χ0) is 13.8. The van der Waals surface area contributed by atoms with Gasteiger partial charge in [0, 0.05) is 22.7 Å². The van der Waals surface area contributed by atoms with E-state index in [1.165, 1.54) is 6.07 Å². The van der Waals surface area contributed by atoms with Crippen molar-refractivity contribution in [2.45, 2.75) is 37.8 Å². The summed E-state index contributed by atoms with van der Waals surface area (Å²) >= 11 is 9.28. The molecule has 2 rings (SSSR count). The molecule has 2 nitrogen and oxygen atoms in total. The Hall–Kier alpha value is -0.160. The molecule has 1 heterocycles. The summed E-state index contributed by atoms with van der Waals surface area (Å²) in [5.41, 5.74) is 0.619. The maximum atomic E-state index is 14.0. The highest BCUT2D eigenvalue weighted by Gasteiger charge is 2.20. The first-order chi connectivity index (χ1) is 9.11. The van der Waals surface area contributed by atoms with Crippen LogP contribution in [0.4, 0.5) is 4.39 Å². The number of hydrogen-bond donors (Lipinski definition) is 1. The summed E-state index contributed by atoms with van der Waals surface area (Å²) in [4.78, 5) is 0. The Labute approximate surface area is 126 Å². The van der Waals surface area contributed by atoms with E-state index in [9.17, 15) is 4.39 Å². The third kappa shape index (κ3) is 3.91. The van der Waals surface area contributed by atoms with Crippen LogP contribution in [0.2, 0.25) is 5.02 Å². The molecule has 1 aromatic carbocycles. The zero-order valence-electron chi connectivity index (χ0n) is 10.9. The molecule has 0 radical (unpaired) electrons. The van der Waals surface area contributed by atoms with Gasteiger partial charge in [-0.3, -0.25) is 0 Å². The van der Waals surface area contributed by atoms with E-state index in [0.29, 0.717) is 21.2 Å². The summed E-state index contributed by atoms with van der Waals surface area (Å²) in [6, 6.07) is 3.08. The Morgan fingerprint density at radius 1 is 1.58 bits per heavy atom. The second-order valence-electron chi connectivity index (χ2n) is 4.84. The van der Waals surface area contributed by atoms with Crippen LogP contribution in [-0.4, -0.2) is 19.8 Å². The molecule has 0 aliphatic carbocycles. The lowest BCUT2D eigenvalue weighted by Crippen LogP contribution is -2.20. The van der Waals surface area contributed by atoms with Gasteiger partial charge in [0.1, 0.15) is 5.82 Å². The lowest BCUT2D eigenvalue weighted by molar-refractivity contribution is 0.0997. The van der Waals surface area contributed by atoms with E-state index in [1.807, 2.05) is 7.05 Å². The first-order valence-corrected chi connectivity index (χ1v) is 7.72. The molecule has 1 saturated heterocycles. The number of nitrogens with one attached hydrogen (secondary N) is 1. The lowest BCUT2D eigenvalue weighted by atomic mass is 9.99. The molecule has 1 aromatic rings. The smallest absolute Gasteiger partial charge is 0.129 e. The molecular weight excluding hydrogens is 333 g/mol. The van der Waals surface area contributed by atoms with Crippen LogP contribution in [0.3, 0.4) is 0 Å². The molecule has 1 N–H and O–H groups in total. The Bertz CT molecular complexity index is 438. The summed E-state index contributed by atoms with van der Waals surface area (Å²) in [6.07, 6.45) is 4.35. The average Bonchev–Trinajstić information content (AvgIpc) is 2.89. The Balaban J connectivity index is 2.05. The normalized spacial score (nSPS) is 20.7. The summed E-state index contributed by atoms with van der Waals surface area (Å²) in [5, 5.41) is 3.70. The van der Waals surface area contributed by atoms with E-state index in [0.717, 1.165) is 32.3 Å². The van der Waals surface area contributed by atoms with Crippen molar-refractivity contribution in [1.82, 2.24) is 5.32 Å². The predicted octanol–water partition coefficient (Wildman–Crippen LogP) is 4.46. The molecule has 106 valence electrons. The summed E-state index contributed by atoms with van der Waals surface area (Å²) in [7, 11) is 1.84. The van der Waals surface area contributed by atoms with Crippen molar-refractivity contribution in [3.63, 3.8) is 0 Å². The average molecular weight is 351 g/mol. The monoisotopic (exact) mass is 349 g/mol. The van der Waals surface area contributed by atoms with E-state index in [4.69, 9.17) is 16.3 Å². The van der Waals surface area contributed by atoms with Crippen molar-refractivity contribution in [2.75, 3.05) is 13.7 Å². The van der Waals surface area contributed by atoms with Crippen LogP contribution in [0.25, 0.3) is 0 Å². The maximum Gasteiger partial charge on any atom is 0.129 e. The van der Waals surface area contributed by atoms with Gasteiger partial charge in [0.25, 0.3) is 0 Å². The summed E-state index contributed by atoms with van der Waals surface area (Å²) in [5.74, 6) is -0.233. The third-order valence-electron chi connectivity index (χ3n) is 3.56. The molecule has 1 fully saturated rings. The fourth-order valence-electron chi connectivity index (χ4n) is 2.48. The van der Waals surface area contributed by atoms with Crippen molar-refractivity contribution in [1.29, 1.82) is 0 Å². The van der Waals surface area contributed by atoms with E-state index >= 15 is 0 Å². The fraction of sp³-hybridized carbons (Fsp3) is 0.571. The van der Waals surface area contributed by atoms with E-state index < -0.39 is 0 Å². The molecule has 0 saturated carbocycles. The summed E-state index contributed by atoms with van der Waals surface area (Å²) < 4.78 is 20.2. The van der Waals surface area contributed by atoms with Gasteiger partial charge in [-0.05, 0) is 60.8 Å². The van der Waals surface area contributed by atoms with Crippen molar-refractivity contribution >= 4 is 27.5 Å². The Morgan fingerprint density at radius 2 is 2.37 bits per heavy atom. The van der Waals surface area contributed by atoms with Gasteiger partial charge in [0.05, 0.1) is 11.1 Å². The number of halogens is 3. The van der Waals surface area contributed by atoms with Crippen LogP contribution >= 0.6 is 27.5 Å². The van der Waals surface area contributed by atoms with Gasteiger partial charge >= 0.3 is 0 Å². The molecule has 2 unspecified atom stereocenters. The van der Waals surface area contributed by atoms with Crippen LogP contribution in [0.5, 0.6) is 0 Å². The highest BCUT2D eigenvalue weighted by molar-refractivity contribution is 9.10. The van der Waals surface area contributed by atoms with Crippen LogP contribution in [0.1, 0.15) is 37.3 Å². The molecular formula is C14H18BrClFNO. The highest BCUT2D eigenvalue weighted by Crippen LogP contribution is 2.31. The lowest BCUT2D eigenvalue weighted by Gasteiger charge is -2.20. The van der Waals surface area contributed by atoms with E-state index in [1.54, 1.807) is 6.07 Å². The molecule has 0 amide bonds. The van der Waals surface area contributed by atoms with E-state index in [2.05, 4.69) is 21.2 Å². The molecule has 0 bridgehead atoms. The molecule has 1 aliphatic rings. The second-order valence-corrected chi connectivity index (χ2v) is 6.10. The standard InChI is InChI=1S/C14H18BrClFNO/c1-18-14(5-4-9-3-2-6-19-9)10-7-12(16)11(15)8-13(10)17/h7-9,14,18H,2-6H2,1H3. The van der Waals surface area contributed by atoms with Crippen molar-refractivity contribution in [3.05, 3.63) is 33.0 Å². The van der Waals surface area contributed by atoms with Gasteiger partial charge in [0.2, 0.25) is 0 Å². The minimum absolute atomic E-state index is 0.0326. The topological polar surface area (TPSA) is 21.3 Å². The van der Waals surface area contributed by atoms with Crippen LogP contribution in [-0.2, 0) is 4.74 Å². The Morgan fingerprint density at radius 3 is 3.00 bits per heavy atom. The molecule has 0 aromatic heterocycles. The van der Waals surface area contributed by atoms with Gasteiger partial charge in [-0.1, -0.05) is 11.6 Å². The fourth-order valence-corrected chi connectivity index (χ4v) is 2.97. The number of ether oxygens (including phenoxy) is 1. The van der Waals surface area contributed by atoms with Crippen molar-refractivity contribution in [2.24, 2.45) is 0 Å². The van der Waals surface area contributed by atoms with Crippen LogP contribution in [0, 0.1) is 5.82 Å². The quantitative estimate of drug-likeness (QED) is 0.792. The number of benzene rings is 1. The SMILES string of the molecule is CNC(CCC1CCCO1)c1cc(Cl)c(Br)cc1F. The molecule has 2 atom stereocenters. The molecule has 19 heavy (non-hydrogen) atoms. The van der Waals surface area contributed by atoms with Gasteiger partial charge < -0.3 is 10.1 Å². The van der Waals surface area contributed by atoms with E-state index in [-0.39, 0.29) is 11.9 Å². The zero-order valence-corrected chi connectivity index (χ0v) is 13.2. The number of rotatable bonds is 5. The number of hydrogen-bond acceptors (Lipinski definition) is 2. The minimum Gasteiger partial charge on any atom is -0.378 e. The first-order valence-electron chi connectivity index (χ1n) is 6.55. The van der Waals surface area contributed by atoms with Crippen LogP contribution < -0.4 is 5.32 Å². The maximum absolute atomic E-state index is 14.0. The molecule has 5 heteroatoms. The Kier molecular flexibility index (Phi) is 5.63. The largest absolute Gasteiger partial charge is 0.378 e. The van der Waals surface area contributed by atoms with Gasteiger partial charge in [-0.2, -0.15) is 0 Å². The molecule has 1 aliphatic heterocycles.